The van der Waals surface area contributed by atoms with Crippen LogP contribution < -0.4 is 4.74 Å². The van der Waals surface area contributed by atoms with Crippen molar-refractivity contribution in [1.82, 2.24) is 19.7 Å². The Hall–Kier alpha value is -1.57. The first kappa shape index (κ1) is 23.7. The van der Waals surface area contributed by atoms with Crippen LogP contribution in [-0.4, -0.2) is 60.0 Å². The summed E-state index contributed by atoms with van der Waals surface area (Å²) in [6.45, 7) is 12.2. The molecule has 0 N–H and O–H groups in total. The SMILES string of the molecule is COCOc1cc(C)c(C(C)C)cc1-c1nnc(SCCCN(C)C)n1C(C)C. The van der Waals surface area contributed by atoms with Gasteiger partial charge in [0.15, 0.2) is 17.8 Å². The summed E-state index contributed by atoms with van der Waals surface area (Å²) in [6, 6.07) is 4.54. The number of rotatable bonds is 11. The van der Waals surface area contributed by atoms with Crippen LogP contribution in [0.1, 0.15) is 57.2 Å². The average Bonchev–Trinajstić information content (AvgIpc) is 3.07. The standard InChI is InChI=1S/C22H36N4O2S/c1-15(2)18-13-19(20(12-17(18)5)28-14-27-8)21-23-24-22(26(21)16(3)4)29-11-9-10-25(6)7/h12-13,15-16H,9-11,14H2,1-8H3. The molecule has 0 aliphatic heterocycles. The predicted octanol–water partition coefficient (Wildman–Crippen LogP) is 4.98. The molecule has 2 aromatic rings. The summed E-state index contributed by atoms with van der Waals surface area (Å²) in [5, 5.41) is 10.1. The van der Waals surface area contributed by atoms with Gasteiger partial charge in [-0.1, -0.05) is 25.6 Å². The summed E-state index contributed by atoms with van der Waals surface area (Å²) in [4.78, 5) is 2.21. The molecule has 0 amide bonds. The summed E-state index contributed by atoms with van der Waals surface area (Å²) >= 11 is 1.77. The van der Waals surface area contributed by atoms with Crippen molar-refractivity contribution in [2.24, 2.45) is 0 Å². The van der Waals surface area contributed by atoms with Gasteiger partial charge in [-0.3, -0.25) is 4.57 Å². The van der Waals surface area contributed by atoms with Gasteiger partial charge in [0, 0.05) is 18.9 Å². The second kappa shape index (κ2) is 11.0. The molecule has 162 valence electrons. The van der Waals surface area contributed by atoms with E-state index in [1.54, 1.807) is 18.9 Å². The highest BCUT2D eigenvalue weighted by molar-refractivity contribution is 7.99. The lowest BCUT2D eigenvalue weighted by Crippen LogP contribution is -2.13. The molecule has 0 radical (unpaired) electrons. The van der Waals surface area contributed by atoms with E-state index in [1.165, 1.54) is 11.1 Å². The Morgan fingerprint density at radius 2 is 1.86 bits per heavy atom. The zero-order chi connectivity index (χ0) is 21.6. The fourth-order valence-corrected chi connectivity index (χ4v) is 4.30. The summed E-state index contributed by atoms with van der Waals surface area (Å²) in [5.41, 5.74) is 3.48. The predicted molar refractivity (Wildman–Crippen MR) is 121 cm³/mol. The molecule has 0 aliphatic rings. The first-order valence-corrected chi connectivity index (χ1v) is 11.2. The van der Waals surface area contributed by atoms with E-state index in [-0.39, 0.29) is 12.8 Å². The van der Waals surface area contributed by atoms with Crippen molar-refractivity contribution in [3.63, 3.8) is 0 Å². The van der Waals surface area contributed by atoms with E-state index in [9.17, 15) is 0 Å². The minimum atomic E-state index is 0.204. The van der Waals surface area contributed by atoms with E-state index >= 15 is 0 Å². The van der Waals surface area contributed by atoms with E-state index in [0.717, 1.165) is 41.0 Å². The van der Waals surface area contributed by atoms with Gasteiger partial charge in [0.1, 0.15) is 5.75 Å². The molecule has 6 nitrogen and oxygen atoms in total. The molecule has 0 fully saturated rings. The number of benzene rings is 1. The first-order valence-electron chi connectivity index (χ1n) is 10.2. The molecule has 7 heteroatoms. The maximum atomic E-state index is 5.91. The maximum absolute atomic E-state index is 5.91. The molecule has 0 aliphatic carbocycles. The fraction of sp³-hybridized carbons (Fsp3) is 0.636. The lowest BCUT2D eigenvalue weighted by Gasteiger charge is -2.19. The van der Waals surface area contributed by atoms with Crippen molar-refractivity contribution in [3.05, 3.63) is 23.3 Å². The molecule has 0 unspecified atom stereocenters. The van der Waals surface area contributed by atoms with Gasteiger partial charge in [0.05, 0.1) is 5.56 Å². The van der Waals surface area contributed by atoms with Gasteiger partial charge in [-0.2, -0.15) is 0 Å². The van der Waals surface area contributed by atoms with E-state index in [4.69, 9.17) is 9.47 Å². The molecule has 0 spiro atoms. The summed E-state index contributed by atoms with van der Waals surface area (Å²) in [7, 11) is 5.84. The van der Waals surface area contributed by atoms with Crippen LogP contribution in [0.4, 0.5) is 0 Å². The topological polar surface area (TPSA) is 52.4 Å². The van der Waals surface area contributed by atoms with Crippen molar-refractivity contribution < 1.29 is 9.47 Å². The molecular weight excluding hydrogens is 384 g/mol. The lowest BCUT2D eigenvalue weighted by molar-refractivity contribution is 0.0514. The van der Waals surface area contributed by atoms with Gasteiger partial charge in [-0.25, -0.2) is 0 Å². The third kappa shape index (κ3) is 6.20. The number of nitrogens with zero attached hydrogens (tertiary/aromatic N) is 4. The van der Waals surface area contributed by atoms with Crippen molar-refractivity contribution >= 4 is 11.8 Å². The van der Waals surface area contributed by atoms with Crippen LogP contribution in [0.25, 0.3) is 11.4 Å². The Morgan fingerprint density at radius 1 is 1.14 bits per heavy atom. The number of hydrogen-bond acceptors (Lipinski definition) is 6. The Bertz CT molecular complexity index is 787. The Labute approximate surface area is 180 Å². The van der Waals surface area contributed by atoms with Crippen molar-refractivity contribution in [2.45, 2.75) is 58.2 Å². The molecule has 1 aromatic carbocycles. The normalized spacial score (nSPS) is 11.8. The molecule has 0 atom stereocenters. The van der Waals surface area contributed by atoms with Crippen molar-refractivity contribution in [2.75, 3.05) is 40.3 Å². The van der Waals surface area contributed by atoms with Gasteiger partial charge in [0.2, 0.25) is 0 Å². The molecule has 1 aromatic heterocycles. The third-order valence-electron chi connectivity index (χ3n) is 4.73. The molecule has 1 heterocycles. The van der Waals surface area contributed by atoms with Gasteiger partial charge in [-0.15, -0.1) is 10.2 Å². The van der Waals surface area contributed by atoms with Crippen LogP contribution in [0.5, 0.6) is 5.75 Å². The van der Waals surface area contributed by atoms with Crippen LogP contribution in [0.2, 0.25) is 0 Å². The third-order valence-corrected chi connectivity index (χ3v) is 5.75. The highest BCUT2D eigenvalue weighted by Gasteiger charge is 2.22. The monoisotopic (exact) mass is 420 g/mol. The van der Waals surface area contributed by atoms with Crippen LogP contribution in [-0.2, 0) is 4.74 Å². The number of hydrogen-bond donors (Lipinski definition) is 0. The zero-order valence-corrected chi connectivity index (χ0v) is 20.0. The Kier molecular flexibility index (Phi) is 8.99. The molecule has 0 saturated carbocycles. The second-order valence-electron chi connectivity index (χ2n) is 8.19. The quantitative estimate of drug-likeness (QED) is 0.290. The number of methoxy groups -OCH3 is 1. The second-order valence-corrected chi connectivity index (χ2v) is 9.25. The lowest BCUT2D eigenvalue weighted by atomic mass is 9.95. The highest BCUT2D eigenvalue weighted by atomic mass is 32.2. The zero-order valence-electron chi connectivity index (χ0n) is 19.2. The summed E-state index contributed by atoms with van der Waals surface area (Å²) in [5.74, 6) is 3.07. The largest absolute Gasteiger partial charge is 0.467 e. The first-order chi connectivity index (χ1) is 13.8. The minimum Gasteiger partial charge on any atom is -0.467 e. The minimum absolute atomic E-state index is 0.204. The van der Waals surface area contributed by atoms with Gasteiger partial charge >= 0.3 is 0 Å². The molecule has 29 heavy (non-hydrogen) atoms. The number of thioether (sulfide) groups is 1. The van der Waals surface area contributed by atoms with E-state index in [2.05, 4.69) is 80.5 Å². The fourth-order valence-electron chi connectivity index (χ4n) is 3.31. The van der Waals surface area contributed by atoms with E-state index < -0.39 is 0 Å². The molecule has 2 rings (SSSR count). The summed E-state index contributed by atoms with van der Waals surface area (Å²) in [6.07, 6.45) is 1.11. The van der Waals surface area contributed by atoms with E-state index in [1.807, 2.05) is 0 Å². The molecule has 0 saturated heterocycles. The van der Waals surface area contributed by atoms with Crippen molar-refractivity contribution in [3.8, 4) is 17.1 Å². The van der Waals surface area contributed by atoms with Gasteiger partial charge in [-0.05, 0) is 77.0 Å². The average molecular weight is 421 g/mol. The van der Waals surface area contributed by atoms with Crippen LogP contribution >= 0.6 is 11.8 Å². The number of aromatic nitrogens is 3. The maximum Gasteiger partial charge on any atom is 0.191 e. The smallest absolute Gasteiger partial charge is 0.191 e. The number of ether oxygens (including phenoxy) is 2. The Balaban J connectivity index is 2.45. The van der Waals surface area contributed by atoms with Gasteiger partial charge in [0.25, 0.3) is 0 Å². The van der Waals surface area contributed by atoms with E-state index in [0.29, 0.717) is 5.92 Å². The van der Waals surface area contributed by atoms with Crippen LogP contribution in [0, 0.1) is 6.92 Å². The van der Waals surface area contributed by atoms with Gasteiger partial charge < -0.3 is 14.4 Å². The Morgan fingerprint density at radius 3 is 2.45 bits per heavy atom. The molecule has 0 bridgehead atoms. The van der Waals surface area contributed by atoms with Crippen LogP contribution in [0.3, 0.4) is 0 Å². The number of aryl methyl sites for hydroxylation is 1. The van der Waals surface area contributed by atoms with Crippen molar-refractivity contribution in [1.29, 1.82) is 0 Å². The molecular formula is C22H36N4O2S. The summed E-state index contributed by atoms with van der Waals surface area (Å²) < 4.78 is 13.3. The van der Waals surface area contributed by atoms with Crippen LogP contribution in [0.15, 0.2) is 17.3 Å². The highest BCUT2D eigenvalue weighted by Crippen LogP contribution is 2.37.